The molecule has 0 N–H and O–H groups in total. The first-order valence-electron chi connectivity index (χ1n) is 7.71. The number of carbonyl (C=O) groups is 2. The van der Waals surface area contributed by atoms with Gasteiger partial charge in [-0.1, -0.05) is 0 Å². The van der Waals surface area contributed by atoms with Gasteiger partial charge in [0.15, 0.2) is 11.6 Å². The van der Waals surface area contributed by atoms with Gasteiger partial charge in [0.2, 0.25) is 0 Å². The summed E-state index contributed by atoms with van der Waals surface area (Å²) in [6.07, 6.45) is 2.42. The molecule has 23 heavy (non-hydrogen) atoms. The van der Waals surface area contributed by atoms with Crippen LogP contribution in [0.5, 0.6) is 5.75 Å². The standard InChI is InChI=1S/C17H20FNO4/c1-22-14-4-3-11(9-13(14)18)15(20)19-7-5-17(6-8-19)10-12(17)16(21)23-2/h3-4,9,12H,5-8,10H2,1-2H3/t12-/m0/s1. The van der Waals surface area contributed by atoms with E-state index < -0.39 is 5.82 Å². The van der Waals surface area contributed by atoms with Crippen LogP contribution in [0.15, 0.2) is 18.2 Å². The van der Waals surface area contributed by atoms with E-state index in [4.69, 9.17) is 9.47 Å². The molecule has 5 nitrogen and oxygen atoms in total. The Morgan fingerprint density at radius 3 is 2.52 bits per heavy atom. The van der Waals surface area contributed by atoms with E-state index in [1.165, 1.54) is 26.4 Å². The summed E-state index contributed by atoms with van der Waals surface area (Å²) in [5.41, 5.74) is 0.328. The number of amides is 1. The highest BCUT2D eigenvalue weighted by Crippen LogP contribution is 2.59. The van der Waals surface area contributed by atoms with Crippen molar-refractivity contribution in [1.29, 1.82) is 0 Å². The predicted molar refractivity (Wildman–Crippen MR) is 80.6 cm³/mol. The van der Waals surface area contributed by atoms with Crippen molar-refractivity contribution in [2.24, 2.45) is 11.3 Å². The molecule has 0 radical (unpaired) electrons. The molecule has 1 atom stereocenters. The number of ether oxygens (including phenoxy) is 2. The molecular formula is C17H20FNO4. The van der Waals surface area contributed by atoms with Crippen molar-refractivity contribution in [2.45, 2.75) is 19.3 Å². The minimum Gasteiger partial charge on any atom is -0.494 e. The molecule has 2 aliphatic rings. The number of benzene rings is 1. The Balaban J connectivity index is 1.63. The maximum absolute atomic E-state index is 13.7. The van der Waals surface area contributed by atoms with E-state index in [1.54, 1.807) is 11.0 Å². The van der Waals surface area contributed by atoms with Crippen molar-refractivity contribution in [3.63, 3.8) is 0 Å². The number of nitrogens with zero attached hydrogens (tertiary/aromatic N) is 1. The van der Waals surface area contributed by atoms with Crippen LogP contribution in [-0.4, -0.2) is 44.1 Å². The third kappa shape index (κ3) is 2.78. The normalized spacial score (nSPS) is 21.9. The SMILES string of the molecule is COC(=O)[C@@H]1CC12CCN(C(=O)c1ccc(OC)c(F)c1)CC2. The van der Waals surface area contributed by atoms with Crippen LogP contribution in [0.4, 0.5) is 4.39 Å². The molecule has 1 spiro atoms. The molecule has 1 amide bonds. The highest BCUT2D eigenvalue weighted by Gasteiger charge is 2.59. The summed E-state index contributed by atoms with van der Waals surface area (Å²) >= 11 is 0. The second-order valence-electron chi connectivity index (χ2n) is 6.28. The van der Waals surface area contributed by atoms with E-state index in [-0.39, 0.29) is 29.0 Å². The van der Waals surface area contributed by atoms with Crippen molar-refractivity contribution in [2.75, 3.05) is 27.3 Å². The second-order valence-corrected chi connectivity index (χ2v) is 6.28. The molecule has 0 unspecified atom stereocenters. The lowest BCUT2D eigenvalue weighted by atomic mass is 9.90. The van der Waals surface area contributed by atoms with E-state index in [1.807, 2.05) is 0 Å². The largest absolute Gasteiger partial charge is 0.494 e. The van der Waals surface area contributed by atoms with Gasteiger partial charge in [0, 0.05) is 18.7 Å². The molecule has 3 rings (SSSR count). The minimum atomic E-state index is -0.542. The van der Waals surface area contributed by atoms with E-state index in [9.17, 15) is 14.0 Å². The van der Waals surface area contributed by atoms with E-state index in [0.29, 0.717) is 18.7 Å². The Hall–Kier alpha value is -2.11. The van der Waals surface area contributed by atoms with Crippen LogP contribution in [0.1, 0.15) is 29.6 Å². The van der Waals surface area contributed by atoms with Crippen molar-refractivity contribution in [3.05, 3.63) is 29.6 Å². The van der Waals surface area contributed by atoms with Gasteiger partial charge in [-0.2, -0.15) is 0 Å². The lowest BCUT2D eigenvalue weighted by Crippen LogP contribution is -2.40. The molecule has 0 aromatic heterocycles. The second kappa shape index (κ2) is 5.83. The number of methoxy groups -OCH3 is 2. The lowest BCUT2D eigenvalue weighted by molar-refractivity contribution is -0.143. The Labute approximate surface area is 134 Å². The molecule has 1 saturated carbocycles. The molecule has 1 heterocycles. The van der Waals surface area contributed by atoms with Crippen molar-refractivity contribution < 1.29 is 23.5 Å². The number of hydrogen-bond donors (Lipinski definition) is 0. The van der Waals surface area contributed by atoms with Crippen LogP contribution in [0.2, 0.25) is 0 Å². The first kappa shape index (κ1) is 15.8. The Morgan fingerprint density at radius 2 is 1.96 bits per heavy atom. The van der Waals surface area contributed by atoms with Gasteiger partial charge in [-0.05, 0) is 42.9 Å². The summed E-state index contributed by atoms with van der Waals surface area (Å²) in [5.74, 6) is -0.778. The number of rotatable bonds is 3. The lowest BCUT2D eigenvalue weighted by Gasteiger charge is -2.32. The van der Waals surface area contributed by atoms with Gasteiger partial charge >= 0.3 is 5.97 Å². The zero-order chi connectivity index (χ0) is 16.6. The summed E-state index contributed by atoms with van der Waals surface area (Å²) in [4.78, 5) is 25.8. The molecule has 1 saturated heterocycles. The van der Waals surface area contributed by atoms with E-state index in [2.05, 4.69) is 0 Å². The van der Waals surface area contributed by atoms with Crippen LogP contribution in [0.25, 0.3) is 0 Å². The van der Waals surface area contributed by atoms with Crippen LogP contribution in [-0.2, 0) is 9.53 Å². The molecule has 124 valence electrons. The first-order chi connectivity index (χ1) is 11.0. The zero-order valence-corrected chi connectivity index (χ0v) is 13.3. The average Bonchev–Trinajstić information content (AvgIpc) is 3.27. The van der Waals surface area contributed by atoms with E-state index >= 15 is 0 Å². The van der Waals surface area contributed by atoms with Gasteiger partial charge in [0.1, 0.15) is 0 Å². The van der Waals surface area contributed by atoms with Crippen LogP contribution in [0, 0.1) is 17.2 Å². The maximum Gasteiger partial charge on any atom is 0.309 e. The first-order valence-corrected chi connectivity index (χ1v) is 7.71. The number of likely N-dealkylation sites (tertiary alicyclic amines) is 1. The van der Waals surface area contributed by atoms with Crippen molar-refractivity contribution in [1.82, 2.24) is 4.90 Å². The molecule has 1 aromatic carbocycles. The highest BCUT2D eigenvalue weighted by molar-refractivity contribution is 5.94. The molecule has 6 heteroatoms. The number of hydrogen-bond acceptors (Lipinski definition) is 4. The minimum absolute atomic E-state index is 0.00896. The predicted octanol–water partition coefficient (Wildman–Crippen LogP) is 2.25. The fourth-order valence-electron chi connectivity index (χ4n) is 3.51. The summed E-state index contributed by atoms with van der Waals surface area (Å²) in [7, 11) is 2.79. The fraction of sp³-hybridized carbons (Fsp3) is 0.529. The third-order valence-corrected chi connectivity index (χ3v) is 5.12. The number of piperidine rings is 1. The Bertz CT molecular complexity index is 637. The summed E-state index contributed by atoms with van der Waals surface area (Å²) < 4.78 is 23.4. The number of esters is 1. The van der Waals surface area contributed by atoms with Gasteiger partial charge in [-0.25, -0.2) is 4.39 Å². The van der Waals surface area contributed by atoms with Gasteiger partial charge in [-0.15, -0.1) is 0 Å². The average molecular weight is 321 g/mol. The quantitative estimate of drug-likeness (QED) is 0.801. The number of halogens is 1. The zero-order valence-electron chi connectivity index (χ0n) is 13.3. The molecular weight excluding hydrogens is 301 g/mol. The van der Waals surface area contributed by atoms with Gasteiger partial charge in [0.25, 0.3) is 5.91 Å². The topological polar surface area (TPSA) is 55.8 Å². The third-order valence-electron chi connectivity index (χ3n) is 5.12. The molecule has 0 bridgehead atoms. The summed E-state index contributed by atoms with van der Waals surface area (Å²) in [6, 6.07) is 4.24. The molecule has 1 aliphatic heterocycles. The Morgan fingerprint density at radius 1 is 1.26 bits per heavy atom. The van der Waals surface area contributed by atoms with Crippen LogP contribution in [0.3, 0.4) is 0 Å². The Kier molecular flexibility index (Phi) is 4.00. The molecule has 1 aliphatic carbocycles. The van der Waals surface area contributed by atoms with E-state index in [0.717, 1.165) is 19.3 Å². The number of carbonyl (C=O) groups excluding carboxylic acids is 2. The molecule has 2 fully saturated rings. The maximum atomic E-state index is 13.7. The van der Waals surface area contributed by atoms with Gasteiger partial charge < -0.3 is 14.4 Å². The van der Waals surface area contributed by atoms with Gasteiger partial charge in [0.05, 0.1) is 20.1 Å². The van der Waals surface area contributed by atoms with Crippen molar-refractivity contribution >= 4 is 11.9 Å². The monoisotopic (exact) mass is 321 g/mol. The molecule has 1 aromatic rings. The van der Waals surface area contributed by atoms with Crippen LogP contribution < -0.4 is 4.74 Å². The van der Waals surface area contributed by atoms with Gasteiger partial charge in [-0.3, -0.25) is 9.59 Å². The fourth-order valence-corrected chi connectivity index (χ4v) is 3.51. The van der Waals surface area contributed by atoms with Crippen molar-refractivity contribution in [3.8, 4) is 5.75 Å². The summed E-state index contributed by atoms with van der Waals surface area (Å²) in [5, 5.41) is 0. The highest BCUT2D eigenvalue weighted by atomic mass is 19.1. The smallest absolute Gasteiger partial charge is 0.309 e. The van der Waals surface area contributed by atoms with Crippen LogP contribution >= 0.6 is 0 Å². The summed E-state index contributed by atoms with van der Waals surface area (Å²) in [6.45, 7) is 1.17.